The smallest absolute Gasteiger partial charge is 0.317 e. The molecule has 2 fully saturated rings. The SMILES string of the molecule is CN1CCC(NC(=O)N2CCOCC2)C1. The van der Waals surface area contributed by atoms with Gasteiger partial charge in [-0.15, -0.1) is 0 Å². The molecule has 0 bridgehead atoms. The Morgan fingerprint density at radius 1 is 1.33 bits per heavy atom. The quantitative estimate of drug-likeness (QED) is 0.652. The summed E-state index contributed by atoms with van der Waals surface area (Å²) in [6.45, 7) is 4.81. The van der Waals surface area contributed by atoms with E-state index in [0.717, 1.165) is 19.5 Å². The van der Waals surface area contributed by atoms with Crippen LogP contribution in [-0.4, -0.2) is 68.3 Å². The maximum Gasteiger partial charge on any atom is 0.317 e. The molecular formula is C10H19N3O2. The highest BCUT2D eigenvalue weighted by Gasteiger charge is 2.24. The number of carbonyl (C=O) groups is 1. The molecule has 15 heavy (non-hydrogen) atoms. The van der Waals surface area contributed by atoms with Gasteiger partial charge in [0.2, 0.25) is 0 Å². The predicted molar refractivity (Wildman–Crippen MR) is 56.8 cm³/mol. The minimum absolute atomic E-state index is 0.0681. The molecule has 0 aromatic rings. The summed E-state index contributed by atoms with van der Waals surface area (Å²) in [6, 6.07) is 0.393. The Hall–Kier alpha value is -0.810. The van der Waals surface area contributed by atoms with Gasteiger partial charge in [-0.1, -0.05) is 0 Å². The number of hydrogen-bond acceptors (Lipinski definition) is 3. The lowest BCUT2D eigenvalue weighted by Crippen LogP contribution is -2.49. The summed E-state index contributed by atoms with van der Waals surface area (Å²) in [4.78, 5) is 15.9. The van der Waals surface area contributed by atoms with Crippen LogP contribution in [0, 0.1) is 0 Å². The van der Waals surface area contributed by atoms with E-state index in [9.17, 15) is 4.79 Å². The van der Waals surface area contributed by atoms with Crippen LogP contribution in [0.1, 0.15) is 6.42 Å². The molecule has 2 amide bonds. The summed E-state index contributed by atoms with van der Waals surface area (Å²) >= 11 is 0. The molecule has 2 aliphatic rings. The Bertz CT molecular complexity index is 229. The lowest BCUT2D eigenvalue weighted by Gasteiger charge is -2.28. The highest BCUT2D eigenvalue weighted by atomic mass is 16.5. The van der Waals surface area contributed by atoms with E-state index in [1.807, 2.05) is 4.90 Å². The molecule has 1 N–H and O–H groups in total. The Balaban J connectivity index is 1.76. The van der Waals surface area contributed by atoms with E-state index in [0.29, 0.717) is 32.3 Å². The van der Waals surface area contributed by atoms with Crippen molar-refractivity contribution in [2.24, 2.45) is 0 Å². The topological polar surface area (TPSA) is 44.8 Å². The molecule has 2 saturated heterocycles. The second-order valence-corrected chi connectivity index (χ2v) is 4.30. The molecule has 0 spiro atoms. The average Bonchev–Trinajstić information content (AvgIpc) is 2.65. The van der Waals surface area contributed by atoms with Crippen molar-refractivity contribution >= 4 is 6.03 Å². The summed E-state index contributed by atoms with van der Waals surface area (Å²) in [5.74, 6) is 0. The number of rotatable bonds is 1. The molecule has 5 nitrogen and oxygen atoms in total. The van der Waals surface area contributed by atoms with E-state index in [2.05, 4.69) is 17.3 Å². The van der Waals surface area contributed by atoms with Crippen molar-refractivity contribution in [2.75, 3.05) is 46.4 Å². The number of nitrogens with one attached hydrogen (secondary N) is 1. The summed E-state index contributed by atoms with van der Waals surface area (Å²) in [5, 5.41) is 3.07. The Morgan fingerprint density at radius 3 is 2.67 bits per heavy atom. The highest BCUT2D eigenvalue weighted by molar-refractivity contribution is 5.74. The van der Waals surface area contributed by atoms with Gasteiger partial charge in [-0.2, -0.15) is 0 Å². The fourth-order valence-corrected chi connectivity index (χ4v) is 2.09. The van der Waals surface area contributed by atoms with Crippen molar-refractivity contribution in [3.63, 3.8) is 0 Å². The van der Waals surface area contributed by atoms with Crippen LogP contribution in [0.4, 0.5) is 4.79 Å². The molecule has 2 aliphatic heterocycles. The first kappa shape index (κ1) is 10.7. The lowest BCUT2D eigenvalue weighted by atomic mass is 10.3. The van der Waals surface area contributed by atoms with Crippen LogP contribution in [0.5, 0.6) is 0 Å². The highest BCUT2D eigenvalue weighted by Crippen LogP contribution is 2.07. The van der Waals surface area contributed by atoms with E-state index in [1.54, 1.807) is 0 Å². The first-order valence-electron chi connectivity index (χ1n) is 5.57. The molecular weight excluding hydrogens is 194 g/mol. The number of likely N-dealkylation sites (tertiary alicyclic amines) is 1. The zero-order chi connectivity index (χ0) is 10.7. The fourth-order valence-electron chi connectivity index (χ4n) is 2.09. The van der Waals surface area contributed by atoms with Gasteiger partial charge in [-0.3, -0.25) is 0 Å². The van der Waals surface area contributed by atoms with Gasteiger partial charge in [0.05, 0.1) is 13.2 Å². The minimum atomic E-state index is 0.0681. The van der Waals surface area contributed by atoms with Crippen molar-refractivity contribution in [1.29, 1.82) is 0 Å². The van der Waals surface area contributed by atoms with Crippen molar-refractivity contribution < 1.29 is 9.53 Å². The number of amides is 2. The molecule has 0 aliphatic carbocycles. The van der Waals surface area contributed by atoms with Crippen molar-refractivity contribution in [3.05, 3.63) is 0 Å². The van der Waals surface area contributed by atoms with Gasteiger partial charge in [0, 0.05) is 25.7 Å². The molecule has 2 heterocycles. The fraction of sp³-hybridized carbons (Fsp3) is 0.900. The zero-order valence-electron chi connectivity index (χ0n) is 9.24. The maximum absolute atomic E-state index is 11.8. The van der Waals surface area contributed by atoms with E-state index in [1.165, 1.54) is 0 Å². The Kier molecular flexibility index (Phi) is 3.43. The van der Waals surface area contributed by atoms with Crippen molar-refractivity contribution in [2.45, 2.75) is 12.5 Å². The molecule has 0 saturated carbocycles. The van der Waals surface area contributed by atoms with Crippen LogP contribution in [0.25, 0.3) is 0 Å². The number of nitrogens with zero attached hydrogens (tertiary/aromatic N) is 2. The van der Waals surface area contributed by atoms with E-state index < -0.39 is 0 Å². The number of hydrogen-bond donors (Lipinski definition) is 1. The molecule has 2 rings (SSSR count). The third kappa shape index (κ3) is 2.82. The molecule has 0 radical (unpaired) electrons. The zero-order valence-corrected chi connectivity index (χ0v) is 9.24. The monoisotopic (exact) mass is 213 g/mol. The van der Waals surface area contributed by atoms with Gasteiger partial charge in [0.15, 0.2) is 0 Å². The largest absolute Gasteiger partial charge is 0.378 e. The summed E-state index contributed by atoms with van der Waals surface area (Å²) in [5.41, 5.74) is 0. The van der Waals surface area contributed by atoms with Gasteiger partial charge in [0.1, 0.15) is 0 Å². The van der Waals surface area contributed by atoms with Crippen molar-refractivity contribution in [3.8, 4) is 0 Å². The molecule has 5 heteroatoms. The standard InChI is InChI=1S/C10H19N3O2/c1-12-3-2-9(8-12)11-10(14)13-4-6-15-7-5-13/h9H,2-8H2,1H3,(H,11,14). The number of morpholine rings is 1. The first-order valence-corrected chi connectivity index (χ1v) is 5.57. The second kappa shape index (κ2) is 4.81. The van der Waals surface area contributed by atoms with Crippen LogP contribution < -0.4 is 5.32 Å². The van der Waals surface area contributed by atoms with Gasteiger partial charge in [-0.05, 0) is 20.0 Å². The number of ether oxygens (including phenoxy) is 1. The van der Waals surface area contributed by atoms with Gasteiger partial charge in [0.25, 0.3) is 0 Å². The van der Waals surface area contributed by atoms with E-state index in [4.69, 9.17) is 4.74 Å². The predicted octanol–water partition coefficient (Wildman–Crippen LogP) is -0.268. The summed E-state index contributed by atoms with van der Waals surface area (Å²) in [7, 11) is 2.08. The van der Waals surface area contributed by atoms with Crippen molar-refractivity contribution in [1.82, 2.24) is 15.1 Å². The molecule has 0 aromatic heterocycles. The lowest BCUT2D eigenvalue weighted by molar-refractivity contribution is 0.0526. The molecule has 1 atom stereocenters. The average molecular weight is 213 g/mol. The van der Waals surface area contributed by atoms with Gasteiger partial charge in [-0.25, -0.2) is 4.79 Å². The maximum atomic E-state index is 11.8. The third-order valence-corrected chi connectivity index (χ3v) is 3.02. The van der Waals surface area contributed by atoms with E-state index in [-0.39, 0.29) is 6.03 Å². The van der Waals surface area contributed by atoms with E-state index >= 15 is 0 Å². The Morgan fingerprint density at radius 2 is 2.07 bits per heavy atom. The summed E-state index contributed by atoms with van der Waals surface area (Å²) < 4.78 is 5.21. The van der Waals surface area contributed by atoms with Crippen LogP contribution in [-0.2, 0) is 4.74 Å². The molecule has 1 unspecified atom stereocenters. The second-order valence-electron chi connectivity index (χ2n) is 4.30. The van der Waals surface area contributed by atoms with Crippen LogP contribution in [0.2, 0.25) is 0 Å². The summed E-state index contributed by atoms with van der Waals surface area (Å²) in [6.07, 6.45) is 1.06. The van der Waals surface area contributed by atoms with Crippen LogP contribution in [0.3, 0.4) is 0 Å². The van der Waals surface area contributed by atoms with Gasteiger partial charge >= 0.3 is 6.03 Å². The van der Waals surface area contributed by atoms with Crippen LogP contribution in [0.15, 0.2) is 0 Å². The Labute approximate surface area is 90.4 Å². The number of likely N-dealkylation sites (N-methyl/N-ethyl adjacent to an activating group) is 1. The normalized spacial score (nSPS) is 28.1. The third-order valence-electron chi connectivity index (χ3n) is 3.02. The number of urea groups is 1. The number of carbonyl (C=O) groups excluding carboxylic acids is 1. The minimum Gasteiger partial charge on any atom is -0.378 e. The van der Waals surface area contributed by atoms with Crippen LogP contribution >= 0.6 is 0 Å². The molecule has 0 aromatic carbocycles. The van der Waals surface area contributed by atoms with Gasteiger partial charge < -0.3 is 19.9 Å². The molecule has 86 valence electrons. The first-order chi connectivity index (χ1) is 7.25.